The second-order valence-corrected chi connectivity index (χ2v) is 4.11. The fourth-order valence-corrected chi connectivity index (χ4v) is 1.97. The molecular weight excluding hydrogens is 192 g/mol. The molecule has 0 aliphatic heterocycles. The minimum absolute atomic E-state index is 1.11. The van der Waals surface area contributed by atoms with Crippen LogP contribution < -0.4 is 0 Å². The summed E-state index contributed by atoms with van der Waals surface area (Å²) in [5.41, 5.74) is 6.12. The highest BCUT2D eigenvalue weighted by Gasteiger charge is 2.06. The Morgan fingerprint density at radius 3 is 1.50 bits per heavy atom. The smallest absolute Gasteiger partial charge is 0.0155 e. The third-order valence-electron chi connectivity index (χ3n) is 2.94. The Labute approximate surface area is 97.3 Å². The Bertz CT molecular complexity index is 474. The lowest BCUT2D eigenvalue weighted by Gasteiger charge is -2.11. The summed E-state index contributed by atoms with van der Waals surface area (Å²) in [5, 5.41) is 0. The zero-order valence-corrected chi connectivity index (χ0v) is 9.83. The van der Waals surface area contributed by atoms with Gasteiger partial charge in [0.25, 0.3) is 0 Å². The summed E-state index contributed by atoms with van der Waals surface area (Å²) in [5.74, 6) is 0. The molecule has 16 heavy (non-hydrogen) atoms. The van der Waals surface area contributed by atoms with E-state index in [9.17, 15) is 0 Å². The Balaban J connectivity index is 2.48. The maximum atomic E-state index is 4.22. The lowest BCUT2D eigenvalue weighted by Crippen LogP contribution is -1.92. The van der Waals surface area contributed by atoms with E-state index in [4.69, 9.17) is 0 Å². The third kappa shape index (κ3) is 1.92. The zero-order valence-electron chi connectivity index (χ0n) is 9.83. The van der Waals surface area contributed by atoms with E-state index >= 15 is 0 Å². The van der Waals surface area contributed by atoms with Gasteiger partial charge in [-0.2, -0.15) is 0 Å². The van der Waals surface area contributed by atoms with Crippen LogP contribution in [0.1, 0.15) is 22.3 Å². The molecule has 0 aliphatic carbocycles. The molecule has 2 rings (SSSR count). The Kier molecular flexibility index (Phi) is 2.91. The van der Waals surface area contributed by atoms with Gasteiger partial charge in [-0.25, -0.2) is 0 Å². The maximum absolute atomic E-state index is 4.22. The largest absolute Gasteiger partial charge is 0.0905 e. The van der Waals surface area contributed by atoms with Gasteiger partial charge in [-0.1, -0.05) is 55.1 Å². The Hall–Kier alpha value is -1.82. The Morgan fingerprint density at radius 2 is 1.12 bits per heavy atom. The first-order chi connectivity index (χ1) is 7.70. The first-order valence-corrected chi connectivity index (χ1v) is 5.51. The van der Waals surface area contributed by atoms with Crippen LogP contribution in [-0.4, -0.2) is 0 Å². The van der Waals surface area contributed by atoms with Gasteiger partial charge in [0.15, 0.2) is 0 Å². The first kappa shape index (κ1) is 10.7. The summed E-state index contributed by atoms with van der Waals surface area (Å²) >= 11 is 0. The van der Waals surface area contributed by atoms with Gasteiger partial charge in [-0.3, -0.25) is 0 Å². The number of aryl methyl sites for hydroxylation is 2. The fraction of sp³-hybridized carbons (Fsp3) is 0.125. The molecule has 0 heteroatoms. The molecule has 0 aromatic heterocycles. The maximum Gasteiger partial charge on any atom is -0.0155 e. The van der Waals surface area contributed by atoms with Gasteiger partial charge in [0.2, 0.25) is 0 Å². The van der Waals surface area contributed by atoms with Crippen molar-refractivity contribution in [2.45, 2.75) is 13.8 Å². The van der Waals surface area contributed by atoms with Crippen molar-refractivity contribution >= 4 is 5.57 Å². The minimum atomic E-state index is 1.11. The van der Waals surface area contributed by atoms with Crippen molar-refractivity contribution in [3.63, 3.8) is 0 Å². The molecular formula is C16H16. The lowest BCUT2D eigenvalue weighted by molar-refractivity contribution is 1.38. The number of rotatable bonds is 2. The number of hydrogen-bond acceptors (Lipinski definition) is 0. The van der Waals surface area contributed by atoms with E-state index < -0.39 is 0 Å². The van der Waals surface area contributed by atoms with Gasteiger partial charge in [-0.15, -0.1) is 0 Å². The van der Waals surface area contributed by atoms with E-state index in [0.717, 1.165) is 5.57 Å². The summed E-state index contributed by atoms with van der Waals surface area (Å²) < 4.78 is 0. The molecule has 0 atom stereocenters. The number of benzene rings is 2. The monoisotopic (exact) mass is 208 g/mol. The van der Waals surface area contributed by atoms with E-state index in [1.807, 2.05) is 0 Å². The predicted octanol–water partition coefficient (Wildman–Crippen LogP) is 4.36. The average Bonchev–Trinajstić information content (AvgIpc) is 2.29. The standard InChI is InChI=1S/C16H16/c1-12-8-4-6-10-15(12)14(3)16-11-7-5-9-13(16)2/h4-11H,3H2,1-2H3. The van der Waals surface area contributed by atoms with Crippen LogP contribution in [0.4, 0.5) is 0 Å². The van der Waals surface area contributed by atoms with Gasteiger partial charge in [0, 0.05) is 0 Å². The molecule has 2 aromatic carbocycles. The van der Waals surface area contributed by atoms with Gasteiger partial charge in [-0.05, 0) is 41.7 Å². The topological polar surface area (TPSA) is 0 Å². The van der Waals surface area contributed by atoms with Crippen LogP contribution in [-0.2, 0) is 0 Å². The van der Waals surface area contributed by atoms with Crippen LogP contribution in [0, 0.1) is 13.8 Å². The first-order valence-electron chi connectivity index (χ1n) is 5.51. The molecule has 0 bridgehead atoms. The molecule has 0 amide bonds. The highest BCUT2D eigenvalue weighted by atomic mass is 14.1. The summed E-state index contributed by atoms with van der Waals surface area (Å²) in [6, 6.07) is 16.7. The fourth-order valence-electron chi connectivity index (χ4n) is 1.97. The SMILES string of the molecule is C=C(c1ccccc1C)c1ccccc1C. The molecule has 0 saturated carbocycles. The molecule has 0 fully saturated rings. The molecule has 80 valence electrons. The normalized spacial score (nSPS) is 10.1. The van der Waals surface area contributed by atoms with E-state index in [1.54, 1.807) is 0 Å². The van der Waals surface area contributed by atoms with Crippen molar-refractivity contribution in [2.75, 3.05) is 0 Å². The van der Waals surface area contributed by atoms with Crippen LogP contribution in [0.3, 0.4) is 0 Å². The van der Waals surface area contributed by atoms with Crippen molar-refractivity contribution in [2.24, 2.45) is 0 Å². The van der Waals surface area contributed by atoms with Gasteiger partial charge in [0.05, 0.1) is 0 Å². The molecule has 0 saturated heterocycles. The molecule has 0 unspecified atom stereocenters. The predicted molar refractivity (Wildman–Crippen MR) is 70.5 cm³/mol. The third-order valence-corrected chi connectivity index (χ3v) is 2.94. The molecule has 0 spiro atoms. The van der Waals surface area contributed by atoms with Crippen LogP contribution in [0.5, 0.6) is 0 Å². The summed E-state index contributed by atoms with van der Waals surface area (Å²) in [6.07, 6.45) is 0. The van der Waals surface area contributed by atoms with Crippen molar-refractivity contribution < 1.29 is 0 Å². The van der Waals surface area contributed by atoms with E-state index in [1.165, 1.54) is 22.3 Å². The molecule has 0 nitrogen and oxygen atoms in total. The molecule has 2 aromatic rings. The summed E-state index contributed by atoms with van der Waals surface area (Å²) in [6.45, 7) is 8.46. The number of hydrogen-bond donors (Lipinski definition) is 0. The Morgan fingerprint density at radius 1 is 0.750 bits per heavy atom. The molecule has 0 heterocycles. The zero-order chi connectivity index (χ0) is 11.5. The second kappa shape index (κ2) is 4.36. The van der Waals surface area contributed by atoms with Crippen molar-refractivity contribution in [1.29, 1.82) is 0 Å². The van der Waals surface area contributed by atoms with Crippen LogP contribution in [0.15, 0.2) is 55.1 Å². The highest BCUT2D eigenvalue weighted by molar-refractivity contribution is 5.81. The van der Waals surface area contributed by atoms with Crippen molar-refractivity contribution in [3.8, 4) is 0 Å². The summed E-state index contributed by atoms with van der Waals surface area (Å²) in [4.78, 5) is 0. The quantitative estimate of drug-likeness (QED) is 0.687. The van der Waals surface area contributed by atoms with Crippen LogP contribution in [0.2, 0.25) is 0 Å². The molecule has 0 N–H and O–H groups in total. The minimum Gasteiger partial charge on any atom is -0.0905 e. The van der Waals surface area contributed by atoms with E-state index in [0.29, 0.717) is 0 Å². The van der Waals surface area contributed by atoms with Crippen LogP contribution in [0.25, 0.3) is 5.57 Å². The lowest BCUT2D eigenvalue weighted by atomic mass is 9.93. The highest BCUT2D eigenvalue weighted by Crippen LogP contribution is 2.26. The average molecular weight is 208 g/mol. The molecule has 0 radical (unpaired) electrons. The van der Waals surface area contributed by atoms with E-state index in [-0.39, 0.29) is 0 Å². The second-order valence-electron chi connectivity index (χ2n) is 4.11. The van der Waals surface area contributed by atoms with Gasteiger partial charge >= 0.3 is 0 Å². The van der Waals surface area contributed by atoms with Crippen molar-refractivity contribution in [3.05, 3.63) is 77.4 Å². The van der Waals surface area contributed by atoms with Crippen LogP contribution >= 0.6 is 0 Å². The van der Waals surface area contributed by atoms with E-state index in [2.05, 4.69) is 69.0 Å². The molecule has 0 aliphatic rings. The van der Waals surface area contributed by atoms with Crippen molar-refractivity contribution in [1.82, 2.24) is 0 Å². The van der Waals surface area contributed by atoms with Gasteiger partial charge in [0.1, 0.15) is 0 Å². The summed E-state index contributed by atoms with van der Waals surface area (Å²) in [7, 11) is 0. The van der Waals surface area contributed by atoms with Gasteiger partial charge < -0.3 is 0 Å².